The van der Waals surface area contributed by atoms with Crippen LogP contribution in [0.1, 0.15) is 102 Å². The van der Waals surface area contributed by atoms with Crippen LogP contribution in [-0.4, -0.2) is 5.75 Å². The highest BCUT2D eigenvalue weighted by Gasteiger charge is 1.95. The average Bonchev–Trinajstić information content (AvgIpc) is 2.62. The monoisotopic (exact) mass is 348 g/mol. The Morgan fingerprint density at radius 2 is 1.04 bits per heavy atom. The van der Waals surface area contributed by atoms with Crippen molar-refractivity contribution in [3.05, 3.63) is 35.9 Å². The lowest BCUT2D eigenvalue weighted by atomic mass is 10.0. The SMILES string of the molecule is CCCCCCCCCCCCCCCCSCc1ccccc1. The number of hydrogen-bond acceptors (Lipinski definition) is 1. The first kappa shape index (κ1) is 21.6. The van der Waals surface area contributed by atoms with Crippen molar-refractivity contribution in [3.8, 4) is 0 Å². The molecular weight excluding hydrogens is 308 g/mol. The van der Waals surface area contributed by atoms with Gasteiger partial charge in [0.15, 0.2) is 0 Å². The lowest BCUT2D eigenvalue weighted by Crippen LogP contribution is -1.85. The van der Waals surface area contributed by atoms with Crippen LogP contribution in [-0.2, 0) is 5.75 Å². The summed E-state index contributed by atoms with van der Waals surface area (Å²) in [4.78, 5) is 0. The zero-order valence-electron chi connectivity index (χ0n) is 16.1. The largest absolute Gasteiger partial charge is 0.157 e. The zero-order chi connectivity index (χ0) is 17.1. The van der Waals surface area contributed by atoms with Crippen LogP contribution in [0.25, 0.3) is 0 Å². The van der Waals surface area contributed by atoms with Gasteiger partial charge < -0.3 is 0 Å². The summed E-state index contributed by atoms with van der Waals surface area (Å²) >= 11 is 2.09. The molecule has 1 rings (SSSR count). The zero-order valence-corrected chi connectivity index (χ0v) is 16.9. The summed E-state index contributed by atoms with van der Waals surface area (Å²) in [5.74, 6) is 2.51. The standard InChI is InChI=1S/C23H40S/c1-2-3-4-5-6-7-8-9-10-11-12-13-14-18-21-24-22-23-19-16-15-17-20-23/h15-17,19-20H,2-14,18,21-22H2,1H3. The predicted molar refractivity (Wildman–Crippen MR) is 113 cm³/mol. The van der Waals surface area contributed by atoms with Crippen molar-refractivity contribution in [1.29, 1.82) is 0 Å². The quantitative estimate of drug-likeness (QED) is 0.255. The molecule has 0 saturated carbocycles. The van der Waals surface area contributed by atoms with Gasteiger partial charge in [0.2, 0.25) is 0 Å². The second kappa shape index (κ2) is 17.4. The number of thioether (sulfide) groups is 1. The van der Waals surface area contributed by atoms with Crippen LogP contribution in [0, 0.1) is 0 Å². The lowest BCUT2D eigenvalue weighted by Gasteiger charge is -2.04. The third-order valence-corrected chi connectivity index (χ3v) is 5.87. The van der Waals surface area contributed by atoms with E-state index in [1.807, 2.05) is 0 Å². The highest BCUT2D eigenvalue weighted by molar-refractivity contribution is 7.98. The van der Waals surface area contributed by atoms with E-state index in [-0.39, 0.29) is 0 Å². The van der Waals surface area contributed by atoms with E-state index in [9.17, 15) is 0 Å². The molecule has 0 atom stereocenters. The molecule has 0 unspecified atom stereocenters. The van der Waals surface area contributed by atoms with E-state index in [1.165, 1.54) is 107 Å². The third kappa shape index (κ3) is 14.0. The highest BCUT2D eigenvalue weighted by atomic mass is 32.2. The first-order chi connectivity index (χ1) is 11.9. The molecule has 1 aromatic rings. The van der Waals surface area contributed by atoms with E-state index in [4.69, 9.17) is 0 Å². The number of benzene rings is 1. The van der Waals surface area contributed by atoms with E-state index in [0.717, 1.165) is 0 Å². The van der Waals surface area contributed by atoms with Crippen molar-refractivity contribution in [2.24, 2.45) is 0 Å². The van der Waals surface area contributed by atoms with Gasteiger partial charge >= 0.3 is 0 Å². The Morgan fingerprint density at radius 3 is 1.54 bits per heavy atom. The predicted octanol–water partition coefficient (Wildman–Crippen LogP) is 8.40. The van der Waals surface area contributed by atoms with Crippen molar-refractivity contribution >= 4 is 11.8 Å². The van der Waals surface area contributed by atoms with E-state index in [0.29, 0.717) is 0 Å². The maximum absolute atomic E-state index is 2.30. The summed E-state index contributed by atoms with van der Waals surface area (Å²) in [7, 11) is 0. The molecule has 0 saturated heterocycles. The number of rotatable bonds is 17. The molecule has 0 fully saturated rings. The molecule has 138 valence electrons. The third-order valence-electron chi connectivity index (χ3n) is 4.75. The van der Waals surface area contributed by atoms with Gasteiger partial charge in [0.1, 0.15) is 0 Å². The van der Waals surface area contributed by atoms with Gasteiger partial charge in [0, 0.05) is 5.75 Å². The van der Waals surface area contributed by atoms with Gasteiger partial charge in [-0.25, -0.2) is 0 Å². The molecule has 0 aliphatic carbocycles. The minimum absolute atomic E-state index is 1.18. The summed E-state index contributed by atoms with van der Waals surface area (Å²) < 4.78 is 0. The minimum atomic E-state index is 1.18. The molecule has 1 heteroatoms. The van der Waals surface area contributed by atoms with E-state index in [2.05, 4.69) is 49.0 Å². The van der Waals surface area contributed by atoms with Crippen LogP contribution < -0.4 is 0 Å². The molecule has 0 heterocycles. The lowest BCUT2D eigenvalue weighted by molar-refractivity contribution is 0.538. The summed E-state index contributed by atoms with van der Waals surface area (Å²) in [5, 5.41) is 0. The van der Waals surface area contributed by atoms with Crippen molar-refractivity contribution < 1.29 is 0 Å². The minimum Gasteiger partial charge on any atom is -0.157 e. The second-order valence-electron chi connectivity index (χ2n) is 7.13. The molecule has 0 aliphatic heterocycles. The summed E-state index contributed by atoms with van der Waals surface area (Å²) in [5.41, 5.74) is 1.47. The maximum atomic E-state index is 2.30. The van der Waals surface area contributed by atoms with Gasteiger partial charge in [-0.05, 0) is 17.7 Å². The van der Waals surface area contributed by atoms with Crippen LogP contribution in [0.4, 0.5) is 0 Å². The first-order valence-corrected chi connectivity index (χ1v) is 11.7. The highest BCUT2D eigenvalue weighted by Crippen LogP contribution is 2.16. The molecule has 0 amide bonds. The van der Waals surface area contributed by atoms with Crippen molar-refractivity contribution in [2.45, 2.75) is 103 Å². The molecular formula is C23H40S. The molecule has 24 heavy (non-hydrogen) atoms. The Hall–Kier alpha value is -0.430. The van der Waals surface area contributed by atoms with Crippen LogP contribution >= 0.6 is 11.8 Å². The molecule has 0 radical (unpaired) electrons. The fourth-order valence-corrected chi connectivity index (χ4v) is 4.14. The average molecular weight is 349 g/mol. The topological polar surface area (TPSA) is 0 Å². The molecule has 0 N–H and O–H groups in total. The Labute approximate surface area is 156 Å². The van der Waals surface area contributed by atoms with E-state index in [1.54, 1.807) is 0 Å². The second-order valence-corrected chi connectivity index (χ2v) is 8.24. The Balaban J connectivity index is 1.70. The Bertz CT molecular complexity index is 346. The fraction of sp³-hybridized carbons (Fsp3) is 0.739. The normalized spacial score (nSPS) is 11.0. The maximum Gasteiger partial charge on any atom is 0.0184 e. The van der Waals surface area contributed by atoms with E-state index < -0.39 is 0 Å². The summed E-state index contributed by atoms with van der Waals surface area (Å²) in [6.45, 7) is 2.30. The molecule has 0 spiro atoms. The summed E-state index contributed by atoms with van der Waals surface area (Å²) in [6.07, 6.45) is 20.3. The molecule has 0 bridgehead atoms. The molecule has 1 aromatic carbocycles. The number of unbranched alkanes of at least 4 members (excludes halogenated alkanes) is 13. The smallest absolute Gasteiger partial charge is 0.0184 e. The van der Waals surface area contributed by atoms with Crippen molar-refractivity contribution in [1.82, 2.24) is 0 Å². The van der Waals surface area contributed by atoms with Crippen LogP contribution in [0.3, 0.4) is 0 Å². The Morgan fingerprint density at radius 1 is 0.583 bits per heavy atom. The van der Waals surface area contributed by atoms with Crippen molar-refractivity contribution in [2.75, 3.05) is 5.75 Å². The molecule has 0 nitrogen and oxygen atoms in total. The van der Waals surface area contributed by atoms with Gasteiger partial charge in [0.25, 0.3) is 0 Å². The Kier molecular flexibility index (Phi) is 15.7. The summed E-state index contributed by atoms with van der Waals surface area (Å²) in [6, 6.07) is 10.9. The fourth-order valence-electron chi connectivity index (χ4n) is 3.16. The van der Waals surface area contributed by atoms with Crippen LogP contribution in [0.2, 0.25) is 0 Å². The van der Waals surface area contributed by atoms with Gasteiger partial charge in [-0.2, -0.15) is 11.8 Å². The van der Waals surface area contributed by atoms with Gasteiger partial charge in [-0.15, -0.1) is 0 Å². The number of hydrogen-bond donors (Lipinski definition) is 0. The first-order valence-electron chi connectivity index (χ1n) is 10.5. The van der Waals surface area contributed by atoms with Gasteiger partial charge in [-0.1, -0.05) is 121 Å². The van der Waals surface area contributed by atoms with E-state index >= 15 is 0 Å². The van der Waals surface area contributed by atoms with Crippen molar-refractivity contribution in [3.63, 3.8) is 0 Å². The van der Waals surface area contributed by atoms with Crippen LogP contribution in [0.5, 0.6) is 0 Å². The van der Waals surface area contributed by atoms with Gasteiger partial charge in [0.05, 0.1) is 0 Å². The van der Waals surface area contributed by atoms with Gasteiger partial charge in [-0.3, -0.25) is 0 Å². The molecule has 0 aliphatic rings. The molecule has 0 aromatic heterocycles. The van der Waals surface area contributed by atoms with Crippen LogP contribution in [0.15, 0.2) is 30.3 Å².